The van der Waals surface area contributed by atoms with Crippen LogP contribution in [0.1, 0.15) is 28.5 Å². The molecule has 0 aliphatic carbocycles. The topological polar surface area (TPSA) is 75.3 Å². The minimum absolute atomic E-state index is 0.00177. The number of ether oxygens (including phenoxy) is 1. The van der Waals surface area contributed by atoms with Gasteiger partial charge in [0, 0.05) is 29.6 Å². The molecular weight excluding hydrogens is 306 g/mol. The maximum atomic E-state index is 11.7. The average molecular weight is 325 g/mol. The highest BCUT2D eigenvalue weighted by Crippen LogP contribution is 2.26. The number of nitriles is 1. The lowest BCUT2D eigenvalue weighted by Crippen LogP contribution is -2.47. The number of likely N-dealkylation sites (N-methyl/N-ethyl adjacent to an activating group) is 1. The zero-order valence-corrected chi connectivity index (χ0v) is 13.8. The van der Waals surface area contributed by atoms with Crippen LogP contribution >= 0.6 is 0 Å². The summed E-state index contributed by atoms with van der Waals surface area (Å²) in [4.78, 5) is 24.6. The molecule has 2 aromatic rings. The maximum Gasteiger partial charge on any atom is 0.248 e. The van der Waals surface area contributed by atoms with E-state index in [0.29, 0.717) is 30.9 Å². The quantitative estimate of drug-likeness (QED) is 0.804. The average Bonchev–Trinajstić information content (AvgIpc) is 2.95. The van der Waals surface area contributed by atoms with Crippen molar-refractivity contribution in [2.45, 2.75) is 26.5 Å². The summed E-state index contributed by atoms with van der Waals surface area (Å²) in [6.45, 7) is 5.57. The smallest absolute Gasteiger partial charge is 0.248 e. The third-order valence-electron chi connectivity index (χ3n) is 4.63. The van der Waals surface area contributed by atoms with Gasteiger partial charge in [0.05, 0.1) is 12.6 Å². The predicted octanol–water partition coefficient (Wildman–Crippen LogP) is 1.88. The summed E-state index contributed by atoms with van der Waals surface area (Å²) in [6.07, 6.45) is 0.670. The summed E-state index contributed by atoms with van der Waals surface area (Å²) in [7, 11) is 0. The molecule has 24 heavy (non-hydrogen) atoms. The second-order valence-corrected chi connectivity index (χ2v) is 5.95. The number of morpholine rings is 1. The molecule has 1 aliphatic heterocycles. The van der Waals surface area contributed by atoms with E-state index >= 15 is 0 Å². The Morgan fingerprint density at radius 1 is 1.46 bits per heavy atom. The molecule has 124 valence electrons. The minimum Gasteiger partial charge on any atom is -0.365 e. The highest BCUT2D eigenvalue weighted by atomic mass is 16.5. The van der Waals surface area contributed by atoms with Gasteiger partial charge in [0.1, 0.15) is 24.7 Å². The van der Waals surface area contributed by atoms with Crippen LogP contribution in [-0.4, -0.2) is 47.5 Å². The molecule has 0 bridgehead atoms. The zero-order chi connectivity index (χ0) is 17.3. The van der Waals surface area contributed by atoms with Crippen LogP contribution in [-0.2, 0) is 16.1 Å². The molecule has 1 unspecified atom stereocenters. The number of hydrogen-bond acceptors (Lipinski definition) is 4. The normalized spacial score (nSPS) is 18.0. The first-order valence-corrected chi connectivity index (χ1v) is 7.96. The van der Waals surface area contributed by atoms with Gasteiger partial charge < -0.3 is 14.2 Å². The molecule has 2 heterocycles. The van der Waals surface area contributed by atoms with Crippen LogP contribution in [0.15, 0.2) is 18.2 Å². The van der Waals surface area contributed by atoms with E-state index in [0.717, 1.165) is 22.8 Å². The Balaban J connectivity index is 1.97. The second kappa shape index (κ2) is 6.46. The number of carbonyl (C=O) groups is 2. The van der Waals surface area contributed by atoms with Gasteiger partial charge in [0.2, 0.25) is 5.91 Å². The van der Waals surface area contributed by atoms with Crippen LogP contribution in [0.25, 0.3) is 10.9 Å². The van der Waals surface area contributed by atoms with E-state index in [4.69, 9.17) is 4.74 Å². The van der Waals surface area contributed by atoms with Crippen molar-refractivity contribution < 1.29 is 14.3 Å². The fraction of sp³-hybridized carbons (Fsp3) is 0.389. The first kappa shape index (κ1) is 16.2. The lowest BCUT2D eigenvalue weighted by atomic mass is 10.1. The van der Waals surface area contributed by atoms with Gasteiger partial charge >= 0.3 is 0 Å². The summed E-state index contributed by atoms with van der Waals surface area (Å²) in [5, 5.41) is 10.4. The first-order valence-electron chi connectivity index (χ1n) is 7.96. The van der Waals surface area contributed by atoms with Crippen molar-refractivity contribution in [2.24, 2.45) is 0 Å². The van der Waals surface area contributed by atoms with Crippen LogP contribution in [0, 0.1) is 18.3 Å². The molecule has 1 atom stereocenters. The van der Waals surface area contributed by atoms with Crippen LogP contribution < -0.4 is 0 Å². The Morgan fingerprint density at radius 2 is 2.25 bits per heavy atom. The molecule has 1 aliphatic rings. The van der Waals surface area contributed by atoms with Crippen molar-refractivity contribution in [3.05, 3.63) is 35.0 Å². The van der Waals surface area contributed by atoms with E-state index in [2.05, 4.69) is 6.07 Å². The Kier molecular flexibility index (Phi) is 4.36. The fourth-order valence-electron chi connectivity index (χ4n) is 3.21. The summed E-state index contributed by atoms with van der Waals surface area (Å²) in [5.74, 6) is -0.00177. The van der Waals surface area contributed by atoms with Gasteiger partial charge in [-0.05, 0) is 37.6 Å². The molecule has 1 saturated heterocycles. The molecule has 0 radical (unpaired) electrons. The van der Waals surface area contributed by atoms with Gasteiger partial charge in [-0.3, -0.25) is 9.59 Å². The number of aryl methyl sites for hydroxylation is 1. The number of fused-ring (bicyclic) bond motifs is 1. The number of carbonyl (C=O) groups excluding carboxylic acids is 2. The summed E-state index contributed by atoms with van der Waals surface area (Å²) in [6, 6.07) is 7.65. The molecule has 1 amide bonds. The third-order valence-corrected chi connectivity index (χ3v) is 4.63. The predicted molar refractivity (Wildman–Crippen MR) is 88.8 cm³/mol. The van der Waals surface area contributed by atoms with Crippen LogP contribution in [0.3, 0.4) is 0 Å². The number of benzene rings is 1. The second-order valence-electron chi connectivity index (χ2n) is 5.95. The minimum atomic E-state index is -0.156. The highest BCUT2D eigenvalue weighted by Gasteiger charge is 2.26. The lowest BCUT2D eigenvalue weighted by molar-refractivity contribution is -0.149. The van der Waals surface area contributed by atoms with Crippen molar-refractivity contribution in [3.63, 3.8) is 0 Å². The first-order chi connectivity index (χ1) is 11.6. The molecule has 1 fully saturated rings. The number of nitrogens with zero attached hydrogens (tertiary/aromatic N) is 3. The van der Waals surface area contributed by atoms with Crippen molar-refractivity contribution in [2.75, 3.05) is 19.7 Å². The monoisotopic (exact) mass is 325 g/mol. The van der Waals surface area contributed by atoms with Crippen molar-refractivity contribution in [3.8, 4) is 6.07 Å². The van der Waals surface area contributed by atoms with Crippen molar-refractivity contribution in [1.82, 2.24) is 9.47 Å². The van der Waals surface area contributed by atoms with Gasteiger partial charge in [-0.1, -0.05) is 0 Å². The third kappa shape index (κ3) is 2.68. The van der Waals surface area contributed by atoms with Crippen LogP contribution in [0.2, 0.25) is 0 Å². The van der Waals surface area contributed by atoms with E-state index in [9.17, 15) is 14.9 Å². The standard InChI is InChI=1S/C18H19N3O3/c1-3-20-8-15(24-11-18(20)23)9-21-14(7-19)6-16-12(2)13(10-22)4-5-17(16)21/h4-6,10,15H,3,8-9,11H2,1-2H3. The summed E-state index contributed by atoms with van der Waals surface area (Å²) in [5.41, 5.74) is 2.92. The Morgan fingerprint density at radius 3 is 2.92 bits per heavy atom. The van der Waals surface area contributed by atoms with E-state index in [1.54, 1.807) is 11.0 Å². The summed E-state index contributed by atoms with van der Waals surface area (Å²) >= 11 is 0. The SMILES string of the molecule is CCN1CC(Cn2c(C#N)cc3c(C)c(C=O)ccc32)OCC1=O. The number of amides is 1. The molecule has 1 aromatic heterocycles. The fourth-order valence-corrected chi connectivity index (χ4v) is 3.21. The van der Waals surface area contributed by atoms with E-state index < -0.39 is 0 Å². The molecule has 6 nitrogen and oxygen atoms in total. The van der Waals surface area contributed by atoms with Gasteiger partial charge in [-0.2, -0.15) is 5.26 Å². The van der Waals surface area contributed by atoms with Gasteiger partial charge in [0.15, 0.2) is 0 Å². The Bertz CT molecular complexity index is 847. The number of aldehydes is 1. The zero-order valence-electron chi connectivity index (χ0n) is 13.8. The van der Waals surface area contributed by atoms with E-state index in [1.807, 2.05) is 30.5 Å². The van der Waals surface area contributed by atoms with Crippen LogP contribution in [0.5, 0.6) is 0 Å². The number of rotatable bonds is 4. The van der Waals surface area contributed by atoms with Gasteiger partial charge in [0.25, 0.3) is 0 Å². The number of aromatic nitrogens is 1. The van der Waals surface area contributed by atoms with Gasteiger partial charge in [-0.15, -0.1) is 0 Å². The van der Waals surface area contributed by atoms with E-state index in [1.165, 1.54) is 0 Å². The Hall–Kier alpha value is -2.65. The maximum absolute atomic E-state index is 11.7. The molecule has 0 saturated carbocycles. The lowest BCUT2D eigenvalue weighted by Gasteiger charge is -2.32. The van der Waals surface area contributed by atoms with Crippen molar-refractivity contribution >= 4 is 23.1 Å². The Labute approximate surface area is 140 Å². The molecular formula is C18H19N3O3. The number of hydrogen-bond donors (Lipinski definition) is 0. The van der Waals surface area contributed by atoms with E-state index in [-0.39, 0.29) is 18.6 Å². The van der Waals surface area contributed by atoms with Crippen LogP contribution in [0.4, 0.5) is 0 Å². The molecule has 0 spiro atoms. The molecule has 6 heteroatoms. The molecule has 1 aromatic carbocycles. The van der Waals surface area contributed by atoms with Gasteiger partial charge in [-0.25, -0.2) is 0 Å². The molecule has 3 rings (SSSR count). The molecule has 0 N–H and O–H groups in total. The highest BCUT2D eigenvalue weighted by molar-refractivity contribution is 5.92. The van der Waals surface area contributed by atoms with Crippen molar-refractivity contribution in [1.29, 1.82) is 5.26 Å². The summed E-state index contributed by atoms with van der Waals surface area (Å²) < 4.78 is 7.55. The largest absolute Gasteiger partial charge is 0.365 e.